The second-order valence-electron chi connectivity index (χ2n) is 8.60. The number of halogens is 1. The van der Waals surface area contributed by atoms with E-state index >= 15 is 4.39 Å². The van der Waals surface area contributed by atoms with E-state index in [1.165, 1.54) is 6.20 Å². The van der Waals surface area contributed by atoms with Crippen LogP contribution in [0.15, 0.2) is 24.5 Å². The Balaban J connectivity index is 1.37. The van der Waals surface area contributed by atoms with Gasteiger partial charge < -0.3 is 25.3 Å². The number of nitrogens with zero attached hydrogens (tertiary/aromatic N) is 3. The van der Waals surface area contributed by atoms with Crippen molar-refractivity contribution in [2.75, 3.05) is 62.9 Å². The number of hydrogen-bond acceptors (Lipinski definition) is 9. The van der Waals surface area contributed by atoms with Gasteiger partial charge in [0.2, 0.25) is 5.88 Å². The molecule has 4 N–H and O–H groups in total. The highest BCUT2D eigenvalue weighted by Gasteiger charge is 2.29. The van der Waals surface area contributed by atoms with Gasteiger partial charge in [0.25, 0.3) is 0 Å². The quantitative estimate of drug-likeness (QED) is 0.455. The molecule has 2 aliphatic rings. The molecule has 4 heterocycles. The number of pyridine rings is 2. The maximum Gasteiger partial charge on any atom is 0.413 e. The van der Waals surface area contributed by atoms with E-state index in [1.54, 1.807) is 25.4 Å². The molecule has 3 aromatic rings. The highest BCUT2D eigenvalue weighted by molar-refractivity contribution is 5.99. The number of fused-ring (bicyclic) bond motifs is 2. The summed E-state index contributed by atoms with van der Waals surface area (Å²) in [5.74, 6) is 0.225. The van der Waals surface area contributed by atoms with Crippen molar-refractivity contribution in [3.63, 3.8) is 0 Å². The van der Waals surface area contributed by atoms with Gasteiger partial charge in [-0.2, -0.15) is 0 Å². The minimum absolute atomic E-state index is 0.0222. The van der Waals surface area contributed by atoms with Crippen LogP contribution in [-0.2, 0) is 9.47 Å². The lowest BCUT2D eigenvalue weighted by Gasteiger charge is -2.37. The van der Waals surface area contributed by atoms with Crippen molar-refractivity contribution >= 4 is 34.1 Å². The van der Waals surface area contributed by atoms with E-state index in [0.717, 1.165) is 17.8 Å². The predicted molar refractivity (Wildman–Crippen MR) is 130 cm³/mol. The molecule has 0 saturated carbocycles. The molecule has 1 aromatic carbocycles. The average molecular weight is 483 g/mol. The van der Waals surface area contributed by atoms with Crippen LogP contribution in [-0.4, -0.2) is 73.6 Å². The first kappa shape index (κ1) is 23.1. The molecular weight excluding hydrogens is 455 g/mol. The minimum Gasteiger partial charge on any atom is -0.474 e. The predicted octanol–water partition coefficient (Wildman–Crippen LogP) is 3.01. The Morgan fingerprint density at radius 3 is 2.94 bits per heavy atom. The molecule has 1 fully saturated rings. The van der Waals surface area contributed by atoms with Crippen LogP contribution in [0.1, 0.15) is 5.56 Å². The Morgan fingerprint density at radius 1 is 1.31 bits per heavy atom. The number of ether oxygens (including phenoxy) is 3. The lowest BCUT2D eigenvalue weighted by molar-refractivity contribution is -0.0173. The normalized spacial score (nSPS) is 15.6. The van der Waals surface area contributed by atoms with Gasteiger partial charge in [0.05, 0.1) is 12.3 Å². The number of nitrogens with two attached hydrogens (primary N) is 1. The Labute approximate surface area is 201 Å². The highest BCUT2D eigenvalue weighted by Crippen LogP contribution is 2.39. The van der Waals surface area contributed by atoms with E-state index in [-0.39, 0.29) is 17.6 Å². The van der Waals surface area contributed by atoms with E-state index < -0.39 is 11.9 Å². The molecule has 0 aliphatic carbocycles. The van der Waals surface area contributed by atoms with Crippen LogP contribution in [0.5, 0.6) is 5.88 Å². The lowest BCUT2D eigenvalue weighted by Crippen LogP contribution is -2.54. The Morgan fingerprint density at radius 2 is 2.14 bits per heavy atom. The summed E-state index contributed by atoms with van der Waals surface area (Å²) in [5.41, 5.74) is 8.56. The van der Waals surface area contributed by atoms with Crippen LogP contribution in [0.25, 0.3) is 21.9 Å². The fourth-order valence-electron chi connectivity index (χ4n) is 4.34. The third kappa shape index (κ3) is 4.52. The average Bonchev–Trinajstić information content (AvgIpc) is 2.83. The van der Waals surface area contributed by atoms with Crippen molar-refractivity contribution in [2.24, 2.45) is 0 Å². The van der Waals surface area contributed by atoms with Crippen molar-refractivity contribution < 1.29 is 23.4 Å². The molecule has 1 amide bonds. The number of hydrogen-bond donors (Lipinski definition) is 3. The summed E-state index contributed by atoms with van der Waals surface area (Å²) in [6, 6.07) is 3.32. The number of benzene rings is 1. The van der Waals surface area contributed by atoms with Crippen LogP contribution in [0, 0.1) is 12.7 Å². The molecule has 0 atom stereocenters. The zero-order valence-electron chi connectivity index (χ0n) is 19.6. The first-order valence-electron chi connectivity index (χ1n) is 11.4. The number of carbonyl (C=O) groups excluding carboxylic acids is 1. The summed E-state index contributed by atoms with van der Waals surface area (Å²) in [5, 5.41) is 6.98. The molecule has 0 radical (unpaired) electrons. The molecule has 2 aliphatic heterocycles. The number of nitrogen functional groups attached to an aromatic ring is 1. The maximum absolute atomic E-state index is 15.3. The van der Waals surface area contributed by atoms with Crippen molar-refractivity contribution in [2.45, 2.75) is 13.0 Å². The number of methoxy groups -OCH3 is 1. The molecule has 10 nitrogen and oxygen atoms in total. The fourth-order valence-corrected chi connectivity index (χ4v) is 4.34. The van der Waals surface area contributed by atoms with Crippen LogP contribution in [0.2, 0.25) is 0 Å². The third-order valence-electron chi connectivity index (χ3n) is 6.27. The molecule has 2 aromatic heterocycles. The first-order chi connectivity index (χ1) is 16.9. The van der Waals surface area contributed by atoms with Crippen molar-refractivity contribution in [1.29, 1.82) is 0 Å². The van der Waals surface area contributed by atoms with Gasteiger partial charge in [-0.1, -0.05) is 0 Å². The van der Waals surface area contributed by atoms with E-state index in [1.807, 2.05) is 6.92 Å². The lowest BCUT2D eigenvalue weighted by atomic mass is 9.97. The summed E-state index contributed by atoms with van der Waals surface area (Å²) in [6.45, 7) is 5.80. The number of aromatic nitrogens is 2. The largest absolute Gasteiger partial charge is 0.474 e. The van der Waals surface area contributed by atoms with Crippen LogP contribution >= 0.6 is 0 Å². The van der Waals surface area contributed by atoms with Gasteiger partial charge in [0.15, 0.2) is 5.82 Å². The maximum atomic E-state index is 15.3. The topological polar surface area (TPSA) is 124 Å². The summed E-state index contributed by atoms with van der Waals surface area (Å²) in [6.07, 6.45) is 2.25. The van der Waals surface area contributed by atoms with Gasteiger partial charge >= 0.3 is 6.09 Å². The second kappa shape index (κ2) is 9.51. The zero-order chi connectivity index (χ0) is 24.5. The van der Waals surface area contributed by atoms with E-state index in [4.69, 9.17) is 19.9 Å². The van der Waals surface area contributed by atoms with Gasteiger partial charge in [0, 0.05) is 62.2 Å². The standard InChI is InChI=1S/C24H27FN6O4/c1-13-17(9-29-23-22(13)27-3-5-34-23)16-7-14-8-19(28-10-18(14)21(26)20(16)25)30-24(32)35-15-11-31(12-15)4-6-33-2/h7-10,15,27H,3-6,11-12,26H2,1-2H3,(H,28,30,32). The Kier molecular flexibility index (Phi) is 6.27. The molecule has 1 saturated heterocycles. The number of nitrogens with one attached hydrogen (secondary N) is 2. The van der Waals surface area contributed by atoms with E-state index in [9.17, 15) is 4.79 Å². The number of anilines is 3. The van der Waals surface area contributed by atoms with E-state index in [0.29, 0.717) is 60.6 Å². The third-order valence-corrected chi connectivity index (χ3v) is 6.27. The summed E-state index contributed by atoms with van der Waals surface area (Å²) in [4.78, 5) is 23.0. The summed E-state index contributed by atoms with van der Waals surface area (Å²) in [7, 11) is 1.65. The molecule has 0 bridgehead atoms. The fraction of sp³-hybridized carbons (Fsp3) is 0.375. The highest BCUT2D eigenvalue weighted by atomic mass is 19.1. The first-order valence-corrected chi connectivity index (χ1v) is 11.4. The molecular formula is C24H27FN6O4. The van der Waals surface area contributed by atoms with Gasteiger partial charge in [-0.3, -0.25) is 10.2 Å². The van der Waals surface area contributed by atoms with Crippen LogP contribution in [0.3, 0.4) is 0 Å². The zero-order valence-corrected chi connectivity index (χ0v) is 19.6. The summed E-state index contributed by atoms with van der Waals surface area (Å²) >= 11 is 0. The molecule has 11 heteroatoms. The summed E-state index contributed by atoms with van der Waals surface area (Å²) < 4.78 is 31.4. The molecule has 0 spiro atoms. The van der Waals surface area contributed by atoms with Crippen LogP contribution < -0.4 is 21.1 Å². The number of rotatable bonds is 6. The van der Waals surface area contributed by atoms with Gasteiger partial charge in [-0.05, 0) is 30.0 Å². The smallest absolute Gasteiger partial charge is 0.413 e. The Bertz CT molecular complexity index is 1280. The Hall–Kier alpha value is -3.70. The number of carbonyl (C=O) groups is 1. The minimum atomic E-state index is -0.593. The number of amides is 1. The van der Waals surface area contributed by atoms with Gasteiger partial charge in [-0.15, -0.1) is 0 Å². The monoisotopic (exact) mass is 482 g/mol. The SMILES string of the molecule is COCCN1CC(OC(=O)Nc2cc3cc(-c4cnc5c(c4C)NCCO5)c(F)c(N)c3cn2)C1. The molecule has 5 rings (SSSR count). The van der Waals surface area contributed by atoms with Gasteiger partial charge in [0.1, 0.15) is 24.2 Å². The van der Waals surface area contributed by atoms with Gasteiger partial charge in [-0.25, -0.2) is 19.2 Å². The van der Waals surface area contributed by atoms with E-state index in [2.05, 4.69) is 25.5 Å². The van der Waals surface area contributed by atoms with Crippen LogP contribution in [0.4, 0.5) is 26.4 Å². The van der Waals surface area contributed by atoms with Crippen molar-refractivity contribution in [1.82, 2.24) is 14.9 Å². The molecule has 184 valence electrons. The van der Waals surface area contributed by atoms with Crippen molar-refractivity contribution in [3.05, 3.63) is 35.9 Å². The second-order valence-corrected chi connectivity index (χ2v) is 8.60. The molecule has 0 unspecified atom stereocenters. The molecule has 35 heavy (non-hydrogen) atoms. The van der Waals surface area contributed by atoms with Crippen molar-refractivity contribution in [3.8, 4) is 17.0 Å². The number of likely N-dealkylation sites (tertiary alicyclic amines) is 1.